The third-order valence-electron chi connectivity index (χ3n) is 4.00. The van der Waals surface area contributed by atoms with E-state index in [1.165, 1.54) is 44.4 Å². The van der Waals surface area contributed by atoms with Gasteiger partial charge < -0.3 is 5.11 Å². The second-order valence-corrected chi connectivity index (χ2v) is 8.11. The van der Waals surface area contributed by atoms with Gasteiger partial charge in [0.05, 0.1) is 21.7 Å². The number of hydrogen-bond acceptors (Lipinski definition) is 4. The normalized spacial score (nSPS) is 11.9. The van der Waals surface area contributed by atoms with Gasteiger partial charge in [0.2, 0.25) is 10.0 Å². The maximum Gasteiger partial charge on any atom is 0.336 e. The van der Waals surface area contributed by atoms with Gasteiger partial charge in [-0.05, 0) is 42.5 Å². The van der Waals surface area contributed by atoms with Crippen LogP contribution >= 0.6 is 0 Å². The molecule has 0 atom stereocenters. The van der Waals surface area contributed by atoms with Crippen LogP contribution < -0.4 is 0 Å². The molecule has 0 bridgehead atoms. The molecule has 3 rings (SSSR count). The highest BCUT2D eigenvalue weighted by atomic mass is 32.2. The second-order valence-electron chi connectivity index (χ2n) is 5.96. The summed E-state index contributed by atoms with van der Waals surface area (Å²) in [6.45, 7) is 0. The zero-order valence-corrected chi connectivity index (χ0v) is 15.1. The fraction of sp³-hybridized carbons (Fsp3) is 0.111. The largest absolute Gasteiger partial charge is 0.478 e. The minimum Gasteiger partial charge on any atom is -0.478 e. The molecule has 0 saturated heterocycles. The van der Waals surface area contributed by atoms with E-state index in [9.17, 15) is 27.1 Å². The molecule has 0 fully saturated rings. The van der Waals surface area contributed by atoms with Gasteiger partial charge in [-0.2, -0.15) is 0 Å². The monoisotopic (exact) mass is 392 g/mol. The Morgan fingerprint density at radius 1 is 1.04 bits per heavy atom. The van der Waals surface area contributed by atoms with Crippen molar-refractivity contribution in [2.24, 2.45) is 0 Å². The summed E-state index contributed by atoms with van der Waals surface area (Å²) in [7, 11) is -1.04. The summed E-state index contributed by atoms with van der Waals surface area (Å²) in [5.74, 6) is -3.42. The third kappa shape index (κ3) is 3.38. The van der Waals surface area contributed by atoms with Crippen LogP contribution in [0.2, 0.25) is 0 Å². The number of benzene rings is 2. The molecule has 0 aliphatic carbocycles. The van der Waals surface area contributed by atoms with Gasteiger partial charge in [0.1, 0.15) is 0 Å². The summed E-state index contributed by atoms with van der Waals surface area (Å²) >= 11 is 0. The van der Waals surface area contributed by atoms with E-state index in [1.807, 2.05) is 0 Å². The first-order chi connectivity index (χ1) is 12.6. The quantitative estimate of drug-likeness (QED) is 0.737. The lowest BCUT2D eigenvalue weighted by atomic mass is 10.0. The van der Waals surface area contributed by atoms with Gasteiger partial charge in [-0.3, -0.25) is 0 Å². The molecule has 0 saturated carbocycles. The van der Waals surface area contributed by atoms with Crippen LogP contribution in [-0.2, 0) is 10.0 Å². The SMILES string of the molecule is CN(C)S(=O)(=O)c1ccc2nc(-c3ccc(F)c(F)c3)cc(C(=O)O)c2c1. The van der Waals surface area contributed by atoms with Crippen LogP contribution in [0.25, 0.3) is 22.2 Å². The van der Waals surface area contributed by atoms with Gasteiger partial charge in [-0.25, -0.2) is 31.3 Å². The van der Waals surface area contributed by atoms with E-state index < -0.39 is 27.6 Å². The molecule has 2 aromatic carbocycles. The van der Waals surface area contributed by atoms with E-state index in [1.54, 1.807) is 0 Å². The van der Waals surface area contributed by atoms with Crippen molar-refractivity contribution in [2.45, 2.75) is 4.90 Å². The third-order valence-corrected chi connectivity index (χ3v) is 5.82. The molecule has 27 heavy (non-hydrogen) atoms. The predicted molar refractivity (Wildman–Crippen MR) is 94.9 cm³/mol. The molecule has 0 aliphatic heterocycles. The minimum absolute atomic E-state index is 0.0788. The van der Waals surface area contributed by atoms with Gasteiger partial charge in [-0.15, -0.1) is 0 Å². The molecular formula is C18H14F2N2O4S. The summed E-state index contributed by atoms with van der Waals surface area (Å²) < 4.78 is 52.3. The van der Waals surface area contributed by atoms with Crippen LogP contribution in [0.15, 0.2) is 47.4 Å². The van der Waals surface area contributed by atoms with Crippen molar-refractivity contribution in [3.8, 4) is 11.3 Å². The molecule has 3 aromatic rings. The van der Waals surface area contributed by atoms with Gasteiger partial charge in [0.15, 0.2) is 11.6 Å². The Morgan fingerprint density at radius 2 is 1.74 bits per heavy atom. The molecule has 0 unspecified atom stereocenters. The molecule has 6 nitrogen and oxygen atoms in total. The number of pyridine rings is 1. The molecule has 1 heterocycles. The van der Waals surface area contributed by atoms with Gasteiger partial charge >= 0.3 is 5.97 Å². The number of halogens is 2. The van der Waals surface area contributed by atoms with E-state index in [-0.39, 0.29) is 32.6 Å². The highest BCUT2D eigenvalue weighted by Gasteiger charge is 2.20. The molecule has 0 amide bonds. The number of nitrogens with zero attached hydrogens (tertiary/aromatic N) is 2. The molecule has 1 aromatic heterocycles. The number of aromatic carboxylic acids is 1. The summed E-state index contributed by atoms with van der Waals surface area (Å²) in [4.78, 5) is 15.9. The highest BCUT2D eigenvalue weighted by molar-refractivity contribution is 7.89. The molecule has 1 N–H and O–H groups in total. The van der Waals surface area contributed by atoms with Crippen molar-refractivity contribution in [2.75, 3.05) is 14.1 Å². The topological polar surface area (TPSA) is 87.6 Å². The van der Waals surface area contributed by atoms with Crippen molar-refractivity contribution in [1.82, 2.24) is 9.29 Å². The van der Waals surface area contributed by atoms with Crippen LogP contribution in [-0.4, -0.2) is 42.9 Å². The maximum absolute atomic E-state index is 13.5. The average molecular weight is 392 g/mol. The summed E-state index contributed by atoms with van der Waals surface area (Å²) in [6.07, 6.45) is 0. The van der Waals surface area contributed by atoms with Crippen LogP contribution in [0, 0.1) is 11.6 Å². The Labute approximate surface area is 153 Å². The number of carboxylic acid groups (broad SMARTS) is 1. The number of carboxylic acids is 1. The standard InChI is InChI=1S/C18H14F2N2O4S/c1-22(2)27(25,26)11-4-6-16-12(8-11)13(18(23)24)9-17(21-16)10-3-5-14(19)15(20)7-10/h3-9H,1-2H3,(H,23,24). The van der Waals surface area contributed by atoms with Gasteiger partial charge in [0, 0.05) is 25.0 Å². The second kappa shape index (κ2) is 6.67. The number of sulfonamides is 1. The van der Waals surface area contributed by atoms with E-state index in [0.29, 0.717) is 0 Å². The smallest absolute Gasteiger partial charge is 0.336 e. The Kier molecular flexibility index (Phi) is 4.66. The molecule has 9 heteroatoms. The Bertz CT molecular complexity index is 1180. The van der Waals surface area contributed by atoms with Gasteiger partial charge in [-0.1, -0.05) is 0 Å². The number of carbonyl (C=O) groups is 1. The Morgan fingerprint density at radius 3 is 2.33 bits per heavy atom. The molecular weight excluding hydrogens is 378 g/mol. The van der Waals surface area contributed by atoms with Crippen LogP contribution in [0.4, 0.5) is 8.78 Å². The average Bonchev–Trinajstić information content (AvgIpc) is 2.62. The zero-order chi connectivity index (χ0) is 19.9. The number of aromatic nitrogens is 1. The van der Waals surface area contributed by atoms with E-state index in [4.69, 9.17) is 0 Å². The van der Waals surface area contributed by atoms with Crippen molar-refractivity contribution in [3.63, 3.8) is 0 Å². The molecule has 140 valence electrons. The highest BCUT2D eigenvalue weighted by Crippen LogP contribution is 2.28. The predicted octanol–water partition coefficient (Wildman–Crippen LogP) is 3.13. The first-order valence-corrected chi connectivity index (χ1v) is 9.11. The Balaban J connectivity index is 2.27. The van der Waals surface area contributed by atoms with Crippen LogP contribution in [0.3, 0.4) is 0 Å². The summed E-state index contributed by atoms with van der Waals surface area (Å²) in [6, 6.07) is 8.24. The molecule has 0 aliphatic rings. The van der Waals surface area contributed by atoms with Crippen LogP contribution in [0.5, 0.6) is 0 Å². The number of rotatable bonds is 4. The van der Waals surface area contributed by atoms with Crippen molar-refractivity contribution >= 4 is 26.9 Å². The van der Waals surface area contributed by atoms with Gasteiger partial charge in [0.25, 0.3) is 0 Å². The first kappa shape index (κ1) is 18.9. The molecule has 0 radical (unpaired) electrons. The fourth-order valence-electron chi connectivity index (χ4n) is 2.56. The lowest BCUT2D eigenvalue weighted by Gasteiger charge is -2.13. The number of hydrogen-bond donors (Lipinski definition) is 1. The minimum atomic E-state index is -3.76. The van der Waals surface area contributed by atoms with E-state index >= 15 is 0 Å². The zero-order valence-electron chi connectivity index (χ0n) is 14.3. The molecule has 0 spiro atoms. The van der Waals surface area contributed by atoms with E-state index in [0.717, 1.165) is 16.4 Å². The summed E-state index contributed by atoms with van der Waals surface area (Å²) in [5.41, 5.74) is 0.341. The fourth-order valence-corrected chi connectivity index (χ4v) is 3.48. The Hall–Kier alpha value is -2.91. The number of fused-ring (bicyclic) bond motifs is 1. The van der Waals surface area contributed by atoms with Crippen molar-refractivity contribution in [3.05, 3.63) is 59.7 Å². The van der Waals surface area contributed by atoms with Crippen molar-refractivity contribution in [1.29, 1.82) is 0 Å². The lowest BCUT2D eigenvalue weighted by molar-refractivity contribution is 0.0699. The van der Waals surface area contributed by atoms with Crippen molar-refractivity contribution < 1.29 is 27.1 Å². The lowest BCUT2D eigenvalue weighted by Crippen LogP contribution is -2.22. The van der Waals surface area contributed by atoms with E-state index in [2.05, 4.69) is 4.98 Å². The summed E-state index contributed by atoms with van der Waals surface area (Å²) in [5, 5.41) is 9.66. The first-order valence-electron chi connectivity index (χ1n) is 7.67. The maximum atomic E-state index is 13.5. The van der Waals surface area contributed by atoms with Crippen LogP contribution in [0.1, 0.15) is 10.4 Å².